The van der Waals surface area contributed by atoms with Gasteiger partial charge < -0.3 is 16.0 Å². The van der Waals surface area contributed by atoms with Gasteiger partial charge in [-0.05, 0) is 44.2 Å². The largest absolute Gasteiger partial charge is 0.354 e. The highest BCUT2D eigenvalue weighted by Gasteiger charge is 2.25. The number of fused-ring (bicyclic) bond motifs is 1. The van der Waals surface area contributed by atoms with Gasteiger partial charge in [0.2, 0.25) is 5.95 Å². The lowest BCUT2D eigenvalue weighted by Crippen LogP contribution is -2.36. The van der Waals surface area contributed by atoms with Crippen molar-refractivity contribution in [2.75, 3.05) is 17.2 Å². The summed E-state index contributed by atoms with van der Waals surface area (Å²) in [6, 6.07) is 7.98. The van der Waals surface area contributed by atoms with Gasteiger partial charge in [0.05, 0.1) is 11.4 Å². The van der Waals surface area contributed by atoms with Crippen LogP contribution in [0, 0.1) is 0 Å². The van der Waals surface area contributed by atoms with Crippen molar-refractivity contribution in [1.29, 1.82) is 0 Å². The van der Waals surface area contributed by atoms with Gasteiger partial charge in [-0.3, -0.25) is 4.79 Å². The maximum atomic E-state index is 12.3. The third-order valence-corrected chi connectivity index (χ3v) is 7.23. The van der Waals surface area contributed by atoms with Crippen molar-refractivity contribution in [3.63, 3.8) is 0 Å². The van der Waals surface area contributed by atoms with Crippen molar-refractivity contribution in [2.45, 2.75) is 83.2 Å². The number of anilines is 2. The molecule has 2 aromatic heterocycles. The summed E-state index contributed by atoms with van der Waals surface area (Å²) < 4.78 is 1.99. The fraction of sp³-hybridized carbons (Fsp3) is 0.519. The van der Waals surface area contributed by atoms with Crippen LogP contribution in [-0.2, 0) is 4.79 Å². The van der Waals surface area contributed by atoms with Crippen molar-refractivity contribution < 1.29 is 9.59 Å². The zero-order valence-electron chi connectivity index (χ0n) is 20.9. The van der Waals surface area contributed by atoms with Crippen LogP contribution < -0.4 is 16.0 Å². The van der Waals surface area contributed by atoms with Crippen molar-refractivity contribution >= 4 is 34.5 Å². The number of urea groups is 1. The number of carbonyl (C=O) groups excluding carboxylic acids is 2. The van der Waals surface area contributed by atoms with Crippen LogP contribution in [0.15, 0.2) is 30.5 Å². The summed E-state index contributed by atoms with van der Waals surface area (Å²) in [4.78, 5) is 33.5. The van der Waals surface area contributed by atoms with Crippen molar-refractivity contribution in [2.24, 2.45) is 0 Å². The number of amides is 2. The minimum Gasteiger partial charge on any atom is -0.354 e. The summed E-state index contributed by atoms with van der Waals surface area (Å²) in [5, 5.41) is 15.2. The molecule has 2 aliphatic rings. The molecule has 0 atom stereocenters. The minimum absolute atomic E-state index is 0.137. The molecule has 190 valence electrons. The lowest BCUT2D eigenvalue weighted by Gasteiger charge is -2.21. The zero-order chi connectivity index (χ0) is 24.9. The summed E-state index contributed by atoms with van der Waals surface area (Å²) in [7, 11) is 0. The number of aromatic nitrogens is 4. The van der Waals surface area contributed by atoms with Crippen LogP contribution in [0.5, 0.6) is 0 Å². The predicted octanol–water partition coefficient (Wildman–Crippen LogP) is 5.45. The molecular formula is C27H35N7O2. The van der Waals surface area contributed by atoms with E-state index in [1.807, 2.05) is 35.1 Å². The van der Waals surface area contributed by atoms with Crippen LogP contribution >= 0.6 is 0 Å². The van der Waals surface area contributed by atoms with Gasteiger partial charge in [0.1, 0.15) is 11.5 Å². The summed E-state index contributed by atoms with van der Waals surface area (Å²) in [5.41, 5.74) is 3.27. The number of benzene rings is 1. The third kappa shape index (κ3) is 5.50. The van der Waals surface area contributed by atoms with E-state index in [-0.39, 0.29) is 18.1 Å². The first-order valence-electron chi connectivity index (χ1n) is 13.3. The molecule has 0 saturated heterocycles. The normalized spacial score (nSPS) is 17.0. The Morgan fingerprint density at radius 2 is 1.83 bits per heavy atom. The summed E-state index contributed by atoms with van der Waals surface area (Å²) in [6.45, 7) is 2.98. The summed E-state index contributed by atoms with van der Waals surface area (Å²) >= 11 is 0. The van der Waals surface area contributed by atoms with E-state index in [4.69, 9.17) is 10.1 Å². The quantitative estimate of drug-likeness (QED) is 0.362. The van der Waals surface area contributed by atoms with Gasteiger partial charge in [0.25, 0.3) is 0 Å². The predicted molar refractivity (Wildman–Crippen MR) is 141 cm³/mol. The number of rotatable bonds is 8. The highest BCUT2D eigenvalue weighted by atomic mass is 16.2. The van der Waals surface area contributed by atoms with E-state index in [1.54, 1.807) is 0 Å². The number of nitrogens with one attached hydrogen (secondary N) is 3. The zero-order valence-corrected chi connectivity index (χ0v) is 20.9. The standard InChI is InChI=1S/C27H35N7O2/c1-2-3-16-28-26-29-17-23-24(33-34(25(23)32-26)21-12-14-22(35)15-13-21)18-8-10-20(11-9-18)31-27(36)30-19-6-4-5-7-19/h8-11,17,19,21H,2-7,12-16H2,1H3,(H,28,29,32)(H2,30,31,36). The lowest BCUT2D eigenvalue weighted by atomic mass is 9.94. The molecule has 2 amide bonds. The molecule has 0 spiro atoms. The number of carbonyl (C=O) groups is 2. The molecule has 9 heteroatoms. The molecular weight excluding hydrogens is 454 g/mol. The topological polar surface area (TPSA) is 114 Å². The van der Waals surface area contributed by atoms with Crippen molar-refractivity contribution in [1.82, 2.24) is 25.1 Å². The summed E-state index contributed by atoms with van der Waals surface area (Å²) in [6.07, 6.45) is 11.2. The number of unbranched alkanes of at least 4 members (excludes halogenated alkanes) is 1. The molecule has 0 unspecified atom stereocenters. The molecule has 3 N–H and O–H groups in total. The molecule has 2 heterocycles. The Balaban J connectivity index is 1.39. The second kappa shape index (κ2) is 11.1. The molecule has 2 fully saturated rings. The van der Waals surface area contributed by atoms with E-state index in [0.29, 0.717) is 24.6 Å². The van der Waals surface area contributed by atoms with Crippen molar-refractivity contribution in [3.8, 4) is 11.3 Å². The van der Waals surface area contributed by atoms with Crippen LogP contribution in [-0.4, -0.2) is 44.1 Å². The molecule has 5 rings (SSSR count). The molecule has 1 aromatic carbocycles. The Morgan fingerprint density at radius 3 is 2.56 bits per heavy atom. The molecule has 2 saturated carbocycles. The fourth-order valence-corrected chi connectivity index (χ4v) is 5.16. The maximum absolute atomic E-state index is 12.3. The second-order valence-electron chi connectivity index (χ2n) is 9.93. The Bertz CT molecular complexity index is 1200. The second-order valence-corrected chi connectivity index (χ2v) is 9.93. The van der Waals surface area contributed by atoms with E-state index in [2.05, 4.69) is 27.9 Å². The van der Waals surface area contributed by atoms with E-state index in [0.717, 1.165) is 73.0 Å². The molecule has 0 radical (unpaired) electrons. The van der Waals surface area contributed by atoms with Crippen LogP contribution in [0.1, 0.15) is 77.2 Å². The van der Waals surface area contributed by atoms with E-state index in [9.17, 15) is 9.59 Å². The minimum atomic E-state index is -0.160. The molecule has 9 nitrogen and oxygen atoms in total. The number of ketones is 1. The van der Waals surface area contributed by atoms with Gasteiger partial charge in [0, 0.05) is 42.9 Å². The Kier molecular flexibility index (Phi) is 7.44. The first-order chi connectivity index (χ1) is 17.6. The smallest absolute Gasteiger partial charge is 0.319 e. The molecule has 3 aromatic rings. The number of hydrogen-bond donors (Lipinski definition) is 3. The van der Waals surface area contributed by atoms with Crippen molar-refractivity contribution in [3.05, 3.63) is 30.5 Å². The van der Waals surface area contributed by atoms with Gasteiger partial charge in [-0.2, -0.15) is 10.1 Å². The first-order valence-corrected chi connectivity index (χ1v) is 13.3. The molecule has 0 aliphatic heterocycles. The average Bonchev–Trinajstić information content (AvgIpc) is 3.53. The Hall–Kier alpha value is -3.49. The van der Waals surface area contributed by atoms with Crippen LogP contribution in [0.25, 0.3) is 22.3 Å². The third-order valence-electron chi connectivity index (χ3n) is 7.23. The maximum Gasteiger partial charge on any atom is 0.319 e. The van der Waals surface area contributed by atoms with Crippen LogP contribution in [0.3, 0.4) is 0 Å². The summed E-state index contributed by atoms with van der Waals surface area (Å²) in [5.74, 6) is 0.919. The van der Waals surface area contributed by atoms with E-state index >= 15 is 0 Å². The van der Waals surface area contributed by atoms with Gasteiger partial charge in [-0.1, -0.05) is 38.3 Å². The Labute approximate surface area is 211 Å². The van der Waals surface area contributed by atoms with Gasteiger partial charge in [-0.15, -0.1) is 0 Å². The SMILES string of the molecule is CCCCNc1ncc2c(-c3ccc(NC(=O)NC4CCCC4)cc3)nn(C3CCC(=O)CC3)c2n1. The number of hydrogen-bond acceptors (Lipinski definition) is 6. The van der Waals surface area contributed by atoms with Gasteiger partial charge in [-0.25, -0.2) is 14.5 Å². The van der Waals surface area contributed by atoms with Crippen LogP contribution in [0.4, 0.5) is 16.4 Å². The average molecular weight is 490 g/mol. The van der Waals surface area contributed by atoms with E-state index in [1.165, 1.54) is 12.8 Å². The van der Waals surface area contributed by atoms with E-state index < -0.39 is 0 Å². The first kappa shape index (κ1) is 24.2. The number of nitrogens with zero attached hydrogens (tertiary/aromatic N) is 4. The highest BCUT2D eigenvalue weighted by Crippen LogP contribution is 2.34. The van der Waals surface area contributed by atoms with Gasteiger partial charge >= 0.3 is 6.03 Å². The lowest BCUT2D eigenvalue weighted by molar-refractivity contribution is -0.120. The fourth-order valence-electron chi connectivity index (χ4n) is 5.16. The Morgan fingerprint density at radius 1 is 1.08 bits per heavy atom. The monoisotopic (exact) mass is 489 g/mol. The molecule has 0 bridgehead atoms. The molecule has 2 aliphatic carbocycles. The molecule has 36 heavy (non-hydrogen) atoms. The highest BCUT2D eigenvalue weighted by molar-refractivity contribution is 5.93. The van der Waals surface area contributed by atoms with Gasteiger partial charge in [0.15, 0.2) is 5.65 Å². The number of Topliss-reactive ketones (excluding diaryl/α,β-unsaturated/α-hetero) is 1. The van der Waals surface area contributed by atoms with Crippen LogP contribution in [0.2, 0.25) is 0 Å².